The number of ketones is 1. The number of hydrogen-bond acceptors (Lipinski definition) is 2. The molecule has 3 nitrogen and oxygen atoms in total. The van der Waals surface area contributed by atoms with Crippen LogP contribution in [0.3, 0.4) is 0 Å². The normalized spacial score (nSPS) is 9.18. The Bertz CT molecular complexity index is 123. The lowest BCUT2D eigenvalue weighted by Crippen LogP contribution is -2.11. The fourth-order valence-electron chi connectivity index (χ4n) is 0.837. The number of amides is 1. The maximum Gasteiger partial charge on any atom is 0.207 e. The van der Waals surface area contributed by atoms with Gasteiger partial charge in [-0.25, -0.2) is 0 Å². The summed E-state index contributed by atoms with van der Waals surface area (Å²) >= 11 is 0. The highest BCUT2D eigenvalue weighted by atomic mass is 16.1. The molecule has 0 bridgehead atoms. The lowest BCUT2D eigenvalue weighted by molar-refractivity contribution is -0.117. The van der Waals surface area contributed by atoms with Gasteiger partial charge in [0.2, 0.25) is 6.41 Å². The number of hydrogen-bond donors (Lipinski definition) is 1. The Morgan fingerprint density at radius 3 is 2.64 bits per heavy atom. The van der Waals surface area contributed by atoms with Gasteiger partial charge in [0, 0.05) is 13.0 Å². The molecule has 1 amide bonds. The Balaban J connectivity index is 2.90. The van der Waals surface area contributed by atoms with Crippen molar-refractivity contribution in [2.24, 2.45) is 0 Å². The van der Waals surface area contributed by atoms with Crippen molar-refractivity contribution in [1.29, 1.82) is 0 Å². The largest absolute Gasteiger partial charge is 0.359 e. The van der Waals surface area contributed by atoms with Gasteiger partial charge in [0.05, 0.1) is 0 Å². The highest BCUT2D eigenvalue weighted by Gasteiger charge is 1.92. The first-order chi connectivity index (χ1) is 5.27. The van der Waals surface area contributed by atoms with E-state index in [-0.39, 0.29) is 5.78 Å². The number of rotatable bonds is 7. The van der Waals surface area contributed by atoms with E-state index in [2.05, 4.69) is 5.32 Å². The van der Waals surface area contributed by atoms with E-state index in [4.69, 9.17) is 0 Å². The van der Waals surface area contributed by atoms with E-state index in [0.717, 1.165) is 25.8 Å². The van der Waals surface area contributed by atoms with Crippen molar-refractivity contribution >= 4 is 12.2 Å². The zero-order valence-corrected chi connectivity index (χ0v) is 6.93. The van der Waals surface area contributed by atoms with Gasteiger partial charge in [-0.2, -0.15) is 0 Å². The Morgan fingerprint density at radius 2 is 2.09 bits per heavy atom. The van der Waals surface area contributed by atoms with Gasteiger partial charge in [0.15, 0.2) is 0 Å². The molecule has 0 heterocycles. The summed E-state index contributed by atoms with van der Waals surface area (Å²) in [6.07, 6.45) is 4.29. The van der Waals surface area contributed by atoms with Crippen LogP contribution in [0.1, 0.15) is 32.6 Å². The first kappa shape index (κ1) is 10.1. The predicted octanol–water partition coefficient (Wildman–Crippen LogP) is 0.882. The lowest BCUT2D eigenvalue weighted by Gasteiger charge is -1.97. The van der Waals surface area contributed by atoms with E-state index in [1.54, 1.807) is 6.92 Å². The molecular formula is C8H15NO2. The van der Waals surface area contributed by atoms with Gasteiger partial charge in [0.25, 0.3) is 0 Å². The first-order valence-corrected chi connectivity index (χ1v) is 3.94. The van der Waals surface area contributed by atoms with Crippen LogP contribution in [0.25, 0.3) is 0 Å². The second-order valence-electron chi connectivity index (χ2n) is 2.58. The van der Waals surface area contributed by atoms with Gasteiger partial charge in [0.1, 0.15) is 5.78 Å². The van der Waals surface area contributed by atoms with Crippen LogP contribution in [0.5, 0.6) is 0 Å². The Kier molecular flexibility index (Phi) is 6.68. The summed E-state index contributed by atoms with van der Waals surface area (Å²) in [6, 6.07) is 0. The van der Waals surface area contributed by atoms with E-state index in [0.29, 0.717) is 12.8 Å². The zero-order chi connectivity index (χ0) is 8.53. The van der Waals surface area contributed by atoms with Crippen LogP contribution < -0.4 is 5.32 Å². The average molecular weight is 157 g/mol. The second-order valence-corrected chi connectivity index (χ2v) is 2.58. The van der Waals surface area contributed by atoms with Crippen molar-refractivity contribution in [3.63, 3.8) is 0 Å². The molecule has 0 aliphatic rings. The second kappa shape index (κ2) is 7.25. The molecule has 0 aromatic carbocycles. The maximum atomic E-state index is 10.5. The topological polar surface area (TPSA) is 46.2 Å². The van der Waals surface area contributed by atoms with Crippen molar-refractivity contribution in [2.45, 2.75) is 32.6 Å². The third kappa shape index (κ3) is 9.14. The van der Waals surface area contributed by atoms with Crippen molar-refractivity contribution in [3.8, 4) is 0 Å². The molecule has 3 heteroatoms. The zero-order valence-electron chi connectivity index (χ0n) is 6.93. The standard InChI is InChI=1S/C8H15NO2/c1-8(11)5-3-2-4-6-9-7-10/h7H,2-6H2,1H3,(H,9,10). The van der Waals surface area contributed by atoms with Crippen LogP contribution in [0, 0.1) is 0 Å². The van der Waals surface area contributed by atoms with E-state index in [1.807, 2.05) is 0 Å². The number of nitrogens with one attached hydrogen (secondary N) is 1. The monoisotopic (exact) mass is 157 g/mol. The van der Waals surface area contributed by atoms with Gasteiger partial charge < -0.3 is 10.1 Å². The van der Waals surface area contributed by atoms with E-state index >= 15 is 0 Å². The highest BCUT2D eigenvalue weighted by Crippen LogP contribution is 1.98. The average Bonchev–Trinajstić information content (AvgIpc) is 1.96. The third-order valence-corrected chi connectivity index (χ3v) is 1.43. The highest BCUT2D eigenvalue weighted by molar-refractivity contribution is 5.75. The molecule has 0 aliphatic heterocycles. The summed E-state index contributed by atoms with van der Waals surface area (Å²) < 4.78 is 0. The smallest absolute Gasteiger partial charge is 0.207 e. The van der Waals surface area contributed by atoms with Crippen LogP contribution in [-0.2, 0) is 9.59 Å². The summed E-state index contributed by atoms with van der Waals surface area (Å²) in [7, 11) is 0. The van der Waals surface area contributed by atoms with Crippen molar-refractivity contribution in [3.05, 3.63) is 0 Å². The Morgan fingerprint density at radius 1 is 1.36 bits per heavy atom. The molecule has 0 unspecified atom stereocenters. The molecule has 64 valence electrons. The number of Topliss-reactive ketones (excluding diaryl/α,β-unsaturated/α-hetero) is 1. The van der Waals surface area contributed by atoms with Crippen LogP contribution in [-0.4, -0.2) is 18.7 Å². The van der Waals surface area contributed by atoms with Gasteiger partial charge >= 0.3 is 0 Å². The molecule has 0 aromatic heterocycles. The fourth-order valence-corrected chi connectivity index (χ4v) is 0.837. The van der Waals surface area contributed by atoms with Gasteiger partial charge in [-0.05, 0) is 19.8 Å². The van der Waals surface area contributed by atoms with Crippen LogP contribution in [0.2, 0.25) is 0 Å². The first-order valence-electron chi connectivity index (χ1n) is 3.94. The minimum atomic E-state index is 0.244. The molecule has 0 spiro atoms. The van der Waals surface area contributed by atoms with E-state index in [1.165, 1.54) is 0 Å². The van der Waals surface area contributed by atoms with Crippen LogP contribution >= 0.6 is 0 Å². The van der Waals surface area contributed by atoms with Gasteiger partial charge in [-0.3, -0.25) is 4.79 Å². The summed E-state index contributed by atoms with van der Waals surface area (Å²) in [5.41, 5.74) is 0. The molecule has 0 fully saturated rings. The number of carbonyl (C=O) groups is 2. The predicted molar refractivity (Wildman–Crippen MR) is 43.2 cm³/mol. The molecule has 0 rings (SSSR count). The molecule has 0 saturated heterocycles. The molecule has 0 atom stereocenters. The molecule has 0 radical (unpaired) electrons. The van der Waals surface area contributed by atoms with Crippen molar-refractivity contribution < 1.29 is 9.59 Å². The van der Waals surface area contributed by atoms with Crippen molar-refractivity contribution in [1.82, 2.24) is 5.32 Å². The minimum Gasteiger partial charge on any atom is -0.359 e. The summed E-state index contributed by atoms with van der Waals surface area (Å²) in [6.45, 7) is 2.32. The van der Waals surface area contributed by atoms with E-state index < -0.39 is 0 Å². The van der Waals surface area contributed by atoms with Crippen LogP contribution in [0.15, 0.2) is 0 Å². The molecule has 11 heavy (non-hydrogen) atoms. The Hall–Kier alpha value is -0.860. The molecular weight excluding hydrogens is 142 g/mol. The number of carbonyl (C=O) groups excluding carboxylic acids is 2. The summed E-state index contributed by atoms with van der Waals surface area (Å²) in [5.74, 6) is 0.244. The summed E-state index contributed by atoms with van der Waals surface area (Å²) in [4.78, 5) is 20.2. The molecule has 0 aliphatic carbocycles. The number of unbranched alkanes of at least 4 members (excludes halogenated alkanes) is 2. The fraction of sp³-hybridized carbons (Fsp3) is 0.750. The van der Waals surface area contributed by atoms with Gasteiger partial charge in [-0.1, -0.05) is 6.42 Å². The molecule has 0 saturated carbocycles. The minimum absolute atomic E-state index is 0.244. The van der Waals surface area contributed by atoms with Crippen LogP contribution in [0.4, 0.5) is 0 Å². The van der Waals surface area contributed by atoms with Gasteiger partial charge in [-0.15, -0.1) is 0 Å². The quantitative estimate of drug-likeness (QED) is 0.440. The Labute approximate surface area is 67.2 Å². The van der Waals surface area contributed by atoms with E-state index in [9.17, 15) is 9.59 Å². The molecule has 0 aromatic rings. The summed E-state index contributed by atoms with van der Waals surface area (Å²) in [5, 5.41) is 2.57. The maximum absolute atomic E-state index is 10.5. The lowest BCUT2D eigenvalue weighted by atomic mass is 10.1. The van der Waals surface area contributed by atoms with Crippen molar-refractivity contribution in [2.75, 3.05) is 6.54 Å². The molecule has 1 N–H and O–H groups in total. The SMILES string of the molecule is CC(=O)CCCCCNC=O. The third-order valence-electron chi connectivity index (χ3n) is 1.43.